The molecule has 1 amide bonds. The molecule has 1 aromatic carbocycles. The van der Waals surface area contributed by atoms with Crippen LogP contribution < -0.4 is 5.73 Å². The number of nitrogens with zero attached hydrogens (tertiary/aromatic N) is 1. The molecule has 1 aliphatic rings. The third kappa shape index (κ3) is 3.20. The fourth-order valence-electron chi connectivity index (χ4n) is 2.65. The molecule has 1 heterocycles. The van der Waals surface area contributed by atoms with Gasteiger partial charge in [-0.25, -0.2) is 4.39 Å². The lowest BCUT2D eigenvalue weighted by Crippen LogP contribution is -2.49. The van der Waals surface area contributed by atoms with E-state index in [2.05, 4.69) is 0 Å². The van der Waals surface area contributed by atoms with Gasteiger partial charge in [-0.05, 0) is 37.8 Å². The summed E-state index contributed by atoms with van der Waals surface area (Å²) in [4.78, 5) is 13.2. The van der Waals surface area contributed by atoms with Crippen LogP contribution in [-0.2, 0) is 10.7 Å². The van der Waals surface area contributed by atoms with Crippen LogP contribution in [0.1, 0.15) is 25.3 Å². The minimum atomic E-state index is -3.86. The Bertz CT molecular complexity index is 519. The summed E-state index contributed by atoms with van der Waals surface area (Å²) < 4.78 is 42.1. The smallest absolute Gasteiger partial charge is 0.337 e. The Kier molecular flexibility index (Phi) is 4.56. The van der Waals surface area contributed by atoms with Gasteiger partial charge in [-0.2, -0.15) is 8.78 Å². The predicted octanol–water partition coefficient (Wildman–Crippen LogP) is 2.50. The number of amides is 1. The minimum Gasteiger partial charge on any atom is -0.337 e. The summed E-state index contributed by atoms with van der Waals surface area (Å²) >= 11 is 0. The van der Waals surface area contributed by atoms with Crippen molar-refractivity contribution in [2.75, 3.05) is 13.1 Å². The van der Waals surface area contributed by atoms with Gasteiger partial charge in [-0.1, -0.05) is 12.1 Å². The molecule has 2 rings (SSSR count). The van der Waals surface area contributed by atoms with Crippen LogP contribution in [0.5, 0.6) is 0 Å². The van der Waals surface area contributed by atoms with Crippen LogP contribution >= 0.6 is 0 Å². The highest BCUT2D eigenvalue weighted by Crippen LogP contribution is 2.33. The van der Waals surface area contributed by atoms with Gasteiger partial charge in [0.15, 0.2) is 0 Å². The number of carbonyl (C=O) groups is 1. The normalized spacial score (nSPS) is 21.2. The number of hydrogen-bond acceptors (Lipinski definition) is 2. The van der Waals surface area contributed by atoms with E-state index in [4.69, 9.17) is 5.73 Å². The van der Waals surface area contributed by atoms with Crippen molar-refractivity contribution >= 4 is 5.91 Å². The van der Waals surface area contributed by atoms with Gasteiger partial charge >= 0.3 is 5.92 Å². The summed E-state index contributed by atoms with van der Waals surface area (Å²) in [6.45, 7) is 2.25. The number of halogens is 3. The van der Waals surface area contributed by atoms with Gasteiger partial charge in [0.05, 0.1) is 5.56 Å². The summed E-state index contributed by atoms with van der Waals surface area (Å²) in [5.74, 6) is -6.28. The van der Waals surface area contributed by atoms with Crippen molar-refractivity contribution in [1.82, 2.24) is 4.90 Å². The zero-order chi connectivity index (χ0) is 15.6. The highest BCUT2D eigenvalue weighted by atomic mass is 19.3. The standard InChI is InChI=1S/C15H19F3N2O/c1-10(19)11-5-4-8-20(9-11)14(21)15(17,18)12-6-2-3-7-13(12)16/h2-3,6-7,10-11H,4-5,8-9,19H2,1H3. The third-order valence-electron chi connectivity index (χ3n) is 3.97. The van der Waals surface area contributed by atoms with Crippen LogP contribution in [-0.4, -0.2) is 29.9 Å². The van der Waals surface area contributed by atoms with Gasteiger partial charge in [-0.15, -0.1) is 0 Å². The highest BCUT2D eigenvalue weighted by molar-refractivity contribution is 5.85. The second-order valence-electron chi connectivity index (χ2n) is 5.57. The molecule has 1 saturated heterocycles. The molecule has 21 heavy (non-hydrogen) atoms. The number of nitrogens with two attached hydrogens (primary N) is 1. The van der Waals surface area contributed by atoms with Crippen LogP contribution in [0.25, 0.3) is 0 Å². The Balaban J connectivity index is 2.20. The fourth-order valence-corrected chi connectivity index (χ4v) is 2.65. The predicted molar refractivity (Wildman–Crippen MR) is 73.2 cm³/mol. The molecule has 1 fully saturated rings. The molecule has 0 aliphatic carbocycles. The largest absolute Gasteiger partial charge is 0.352 e. The van der Waals surface area contributed by atoms with E-state index >= 15 is 0 Å². The second kappa shape index (κ2) is 6.05. The van der Waals surface area contributed by atoms with Crippen LogP contribution in [0.4, 0.5) is 13.2 Å². The fraction of sp³-hybridized carbons (Fsp3) is 0.533. The van der Waals surface area contributed by atoms with E-state index in [9.17, 15) is 18.0 Å². The zero-order valence-electron chi connectivity index (χ0n) is 11.9. The maximum absolute atomic E-state index is 14.3. The molecular formula is C15H19F3N2O. The molecule has 0 radical (unpaired) electrons. The van der Waals surface area contributed by atoms with Gasteiger partial charge in [0.2, 0.25) is 0 Å². The molecule has 2 N–H and O–H groups in total. The van der Waals surface area contributed by atoms with Crippen LogP contribution in [0, 0.1) is 11.7 Å². The van der Waals surface area contributed by atoms with Crippen molar-refractivity contribution in [3.63, 3.8) is 0 Å². The quantitative estimate of drug-likeness (QED) is 0.932. The summed E-state index contributed by atoms with van der Waals surface area (Å²) in [5, 5.41) is 0. The highest BCUT2D eigenvalue weighted by Gasteiger charge is 2.46. The molecule has 0 bridgehead atoms. The molecule has 116 valence electrons. The first-order valence-electron chi connectivity index (χ1n) is 7.01. The minimum absolute atomic E-state index is 0.000815. The average molecular weight is 300 g/mol. The van der Waals surface area contributed by atoms with E-state index in [0.29, 0.717) is 6.42 Å². The molecule has 0 aromatic heterocycles. The van der Waals surface area contributed by atoms with Crippen molar-refractivity contribution in [1.29, 1.82) is 0 Å². The number of hydrogen-bond donors (Lipinski definition) is 1. The van der Waals surface area contributed by atoms with Crippen molar-refractivity contribution in [3.8, 4) is 0 Å². The van der Waals surface area contributed by atoms with Gasteiger partial charge in [0.25, 0.3) is 5.91 Å². The first-order chi connectivity index (χ1) is 9.84. The molecule has 1 aliphatic heterocycles. The van der Waals surface area contributed by atoms with Crippen molar-refractivity contribution < 1.29 is 18.0 Å². The van der Waals surface area contributed by atoms with Gasteiger partial charge in [0, 0.05) is 19.1 Å². The summed E-state index contributed by atoms with van der Waals surface area (Å²) in [5.41, 5.74) is 4.91. The van der Waals surface area contributed by atoms with Crippen LogP contribution in [0.15, 0.2) is 24.3 Å². The van der Waals surface area contributed by atoms with Gasteiger partial charge in [-0.3, -0.25) is 4.79 Å². The number of carbonyl (C=O) groups excluding carboxylic acids is 1. The van der Waals surface area contributed by atoms with E-state index < -0.39 is 23.2 Å². The summed E-state index contributed by atoms with van der Waals surface area (Å²) in [6, 6.07) is 4.31. The third-order valence-corrected chi connectivity index (χ3v) is 3.97. The Morgan fingerprint density at radius 2 is 2.10 bits per heavy atom. The molecule has 0 saturated carbocycles. The molecule has 6 heteroatoms. The first-order valence-corrected chi connectivity index (χ1v) is 7.01. The number of rotatable bonds is 3. The zero-order valence-corrected chi connectivity index (χ0v) is 11.9. The number of piperidine rings is 1. The number of alkyl halides is 2. The Labute approximate surface area is 121 Å². The monoisotopic (exact) mass is 300 g/mol. The maximum Gasteiger partial charge on any atom is 0.352 e. The van der Waals surface area contributed by atoms with E-state index in [1.807, 2.05) is 0 Å². The molecule has 1 aromatic rings. The van der Waals surface area contributed by atoms with Gasteiger partial charge in [0.1, 0.15) is 5.82 Å². The van der Waals surface area contributed by atoms with Crippen molar-refractivity contribution in [3.05, 3.63) is 35.6 Å². The van der Waals surface area contributed by atoms with Crippen molar-refractivity contribution in [2.24, 2.45) is 11.7 Å². The Hall–Kier alpha value is -1.56. The lowest BCUT2D eigenvalue weighted by atomic mass is 9.91. The molecule has 2 atom stereocenters. The molecule has 2 unspecified atom stereocenters. The molecular weight excluding hydrogens is 281 g/mol. The van der Waals surface area contributed by atoms with E-state index in [1.165, 1.54) is 12.1 Å². The first kappa shape index (κ1) is 15.8. The second-order valence-corrected chi connectivity index (χ2v) is 5.57. The average Bonchev–Trinajstić information content (AvgIpc) is 2.46. The maximum atomic E-state index is 14.3. The summed E-state index contributed by atoms with van der Waals surface area (Å²) in [7, 11) is 0. The molecule has 0 spiro atoms. The van der Waals surface area contributed by atoms with Gasteiger partial charge < -0.3 is 10.6 Å². The van der Waals surface area contributed by atoms with Crippen LogP contribution in [0.3, 0.4) is 0 Å². The van der Waals surface area contributed by atoms with E-state index in [1.54, 1.807) is 6.92 Å². The Morgan fingerprint density at radius 1 is 1.43 bits per heavy atom. The number of benzene rings is 1. The lowest BCUT2D eigenvalue weighted by Gasteiger charge is -2.36. The Morgan fingerprint density at radius 3 is 2.71 bits per heavy atom. The number of likely N-dealkylation sites (tertiary alicyclic amines) is 1. The summed E-state index contributed by atoms with van der Waals surface area (Å²) in [6.07, 6.45) is 1.44. The molecule has 3 nitrogen and oxygen atoms in total. The van der Waals surface area contributed by atoms with E-state index in [0.717, 1.165) is 23.5 Å². The SMILES string of the molecule is CC(N)C1CCCN(C(=O)C(F)(F)c2ccccc2F)C1. The van der Waals surface area contributed by atoms with Crippen LogP contribution in [0.2, 0.25) is 0 Å². The van der Waals surface area contributed by atoms with E-state index in [-0.39, 0.29) is 25.0 Å². The topological polar surface area (TPSA) is 46.3 Å². The lowest BCUT2D eigenvalue weighted by molar-refractivity contribution is -0.161. The van der Waals surface area contributed by atoms with Crippen molar-refractivity contribution in [2.45, 2.75) is 31.7 Å².